The van der Waals surface area contributed by atoms with E-state index < -0.39 is 0 Å². The molecule has 0 saturated carbocycles. The number of amides is 2. The summed E-state index contributed by atoms with van der Waals surface area (Å²) in [6.45, 7) is 4.20. The van der Waals surface area contributed by atoms with Gasteiger partial charge in [0.25, 0.3) is 0 Å². The van der Waals surface area contributed by atoms with Crippen molar-refractivity contribution in [2.75, 3.05) is 25.5 Å². The van der Waals surface area contributed by atoms with E-state index in [1.165, 1.54) is 0 Å². The van der Waals surface area contributed by atoms with Gasteiger partial charge in [-0.05, 0) is 31.0 Å². The van der Waals surface area contributed by atoms with Gasteiger partial charge in [-0.2, -0.15) is 0 Å². The predicted octanol–water partition coefficient (Wildman–Crippen LogP) is 0.578. The zero-order chi connectivity index (χ0) is 13.5. The van der Waals surface area contributed by atoms with Crippen molar-refractivity contribution in [1.82, 2.24) is 10.6 Å². The zero-order valence-corrected chi connectivity index (χ0v) is 11.0. The van der Waals surface area contributed by atoms with Crippen LogP contribution in [0.5, 0.6) is 0 Å². The van der Waals surface area contributed by atoms with Gasteiger partial charge in [-0.3, -0.25) is 14.9 Å². The van der Waals surface area contributed by atoms with Crippen LogP contribution >= 0.6 is 0 Å². The van der Waals surface area contributed by atoms with Gasteiger partial charge in [-0.1, -0.05) is 12.1 Å². The average molecular weight is 249 g/mol. The Hall–Kier alpha value is -1.88. The van der Waals surface area contributed by atoms with Gasteiger partial charge in [0.05, 0.1) is 13.1 Å². The maximum atomic E-state index is 11.6. The summed E-state index contributed by atoms with van der Waals surface area (Å²) in [6, 6.07) is 5.75. The van der Waals surface area contributed by atoms with Crippen molar-refractivity contribution < 1.29 is 9.59 Å². The highest BCUT2D eigenvalue weighted by Gasteiger charge is 2.06. The predicted molar refractivity (Wildman–Crippen MR) is 71.5 cm³/mol. The third-order valence-corrected chi connectivity index (χ3v) is 2.73. The third kappa shape index (κ3) is 4.18. The monoisotopic (exact) mass is 249 g/mol. The van der Waals surface area contributed by atoms with E-state index >= 15 is 0 Å². The topological polar surface area (TPSA) is 70.2 Å². The molecule has 0 spiro atoms. The van der Waals surface area contributed by atoms with Crippen molar-refractivity contribution in [2.24, 2.45) is 0 Å². The zero-order valence-electron chi connectivity index (χ0n) is 11.0. The van der Waals surface area contributed by atoms with E-state index in [-0.39, 0.29) is 24.9 Å². The highest BCUT2D eigenvalue weighted by Crippen LogP contribution is 2.17. The molecule has 0 saturated heterocycles. The van der Waals surface area contributed by atoms with E-state index in [0.717, 1.165) is 16.8 Å². The Morgan fingerprint density at radius 1 is 1.11 bits per heavy atom. The standard InChI is InChI=1S/C13H19N3O2/c1-9-5-4-6-11(10(9)2)16-13(18)8-15-7-12(17)14-3/h4-6,15H,7-8H2,1-3H3,(H,14,17)(H,16,18). The molecule has 0 aliphatic heterocycles. The van der Waals surface area contributed by atoms with Gasteiger partial charge in [-0.15, -0.1) is 0 Å². The van der Waals surface area contributed by atoms with Crippen LogP contribution < -0.4 is 16.0 Å². The first-order valence-electron chi connectivity index (χ1n) is 5.82. The summed E-state index contributed by atoms with van der Waals surface area (Å²) in [5.74, 6) is -0.304. The molecule has 0 bridgehead atoms. The quantitative estimate of drug-likeness (QED) is 0.715. The van der Waals surface area contributed by atoms with Crippen LogP contribution in [-0.4, -0.2) is 32.0 Å². The molecule has 0 aliphatic carbocycles. The Morgan fingerprint density at radius 3 is 2.44 bits per heavy atom. The highest BCUT2D eigenvalue weighted by molar-refractivity contribution is 5.93. The molecule has 5 heteroatoms. The van der Waals surface area contributed by atoms with Gasteiger partial charge < -0.3 is 10.6 Å². The number of likely N-dealkylation sites (N-methyl/N-ethyl adjacent to an activating group) is 1. The fraction of sp³-hybridized carbons (Fsp3) is 0.385. The van der Waals surface area contributed by atoms with Gasteiger partial charge in [0.15, 0.2) is 0 Å². The Morgan fingerprint density at radius 2 is 1.78 bits per heavy atom. The number of aryl methyl sites for hydroxylation is 1. The molecule has 0 aliphatic rings. The molecule has 1 aromatic carbocycles. The normalized spacial score (nSPS) is 9.94. The highest BCUT2D eigenvalue weighted by atomic mass is 16.2. The maximum absolute atomic E-state index is 11.6. The molecule has 0 heterocycles. The van der Waals surface area contributed by atoms with Gasteiger partial charge in [-0.25, -0.2) is 0 Å². The van der Waals surface area contributed by atoms with Gasteiger partial charge >= 0.3 is 0 Å². The molecule has 0 unspecified atom stereocenters. The smallest absolute Gasteiger partial charge is 0.238 e. The minimum absolute atomic E-state index is 0.112. The first-order chi connectivity index (χ1) is 8.54. The molecule has 18 heavy (non-hydrogen) atoms. The lowest BCUT2D eigenvalue weighted by molar-refractivity contribution is -0.119. The Balaban J connectivity index is 2.45. The van der Waals surface area contributed by atoms with Crippen molar-refractivity contribution in [3.05, 3.63) is 29.3 Å². The lowest BCUT2D eigenvalue weighted by Crippen LogP contribution is -2.36. The molecule has 0 atom stereocenters. The lowest BCUT2D eigenvalue weighted by atomic mass is 10.1. The molecule has 98 valence electrons. The molecular weight excluding hydrogens is 230 g/mol. The van der Waals surface area contributed by atoms with Crippen LogP contribution in [0.2, 0.25) is 0 Å². The van der Waals surface area contributed by atoms with Crippen LogP contribution in [0.25, 0.3) is 0 Å². The summed E-state index contributed by atoms with van der Waals surface area (Å²) in [7, 11) is 1.56. The second kappa shape index (κ2) is 6.76. The molecule has 3 N–H and O–H groups in total. The van der Waals surface area contributed by atoms with Crippen molar-refractivity contribution in [3.63, 3.8) is 0 Å². The number of benzene rings is 1. The van der Waals surface area contributed by atoms with Gasteiger partial charge in [0.1, 0.15) is 0 Å². The van der Waals surface area contributed by atoms with Crippen LogP contribution in [0.4, 0.5) is 5.69 Å². The van der Waals surface area contributed by atoms with E-state index in [4.69, 9.17) is 0 Å². The van der Waals surface area contributed by atoms with E-state index in [0.29, 0.717) is 0 Å². The summed E-state index contributed by atoms with van der Waals surface area (Å²) in [6.07, 6.45) is 0. The lowest BCUT2D eigenvalue weighted by Gasteiger charge is -2.10. The summed E-state index contributed by atoms with van der Waals surface area (Å²) < 4.78 is 0. The van der Waals surface area contributed by atoms with Crippen LogP contribution in [0.15, 0.2) is 18.2 Å². The molecule has 1 rings (SSSR count). The fourth-order valence-electron chi connectivity index (χ4n) is 1.46. The molecule has 1 aromatic rings. The number of anilines is 1. The number of nitrogens with one attached hydrogen (secondary N) is 3. The molecular formula is C13H19N3O2. The third-order valence-electron chi connectivity index (χ3n) is 2.73. The van der Waals surface area contributed by atoms with E-state index in [1.807, 2.05) is 32.0 Å². The second-order valence-electron chi connectivity index (χ2n) is 4.07. The van der Waals surface area contributed by atoms with E-state index in [1.54, 1.807) is 7.05 Å². The van der Waals surface area contributed by atoms with Gasteiger partial charge in [0.2, 0.25) is 11.8 Å². The number of carbonyl (C=O) groups excluding carboxylic acids is 2. The molecule has 0 aromatic heterocycles. The van der Waals surface area contributed by atoms with Crippen LogP contribution in [0.3, 0.4) is 0 Å². The molecule has 0 radical (unpaired) electrons. The fourth-order valence-corrected chi connectivity index (χ4v) is 1.46. The first-order valence-corrected chi connectivity index (χ1v) is 5.82. The summed E-state index contributed by atoms with van der Waals surface area (Å²) in [4.78, 5) is 22.6. The molecule has 0 fully saturated rings. The summed E-state index contributed by atoms with van der Waals surface area (Å²) in [5.41, 5.74) is 2.99. The first kappa shape index (κ1) is 14.2. The maximum Gasteiger partial charge on any atom is 0.238 e. The number of hydrogen-bond donors (Lipinski definition) is 3. The van der Waals surface area contributed by atoms with Crippen molar-refractivity contribution in [1.29, 1.82) is 0 Å². The van der Waals surface area contributed by atoms with Gasteiger partial charge in [0, 0.05) is 12.7 Å². The largest absolute Gasteiger partial charge is 0.358 e. The Labute approximate surface area is 107 Å². The summed E-state index contributed by atoms with van der Waals surface area (Å²) in [5, 5.41) is 8.05. The second-order valence-corrected chi connectivity index (χ2v) is 4.07. The van der Waals surface area contributed by atoms with Crippen molar-refractivity contribution >= 4 is 17.5 Å². The number of rotatable bonds is 5. The Kier molecular flexibility index (Phi) is 5.32. The SMILES string of the molecule is CNC(=O)CNCC(=O)Nc1cccc(C)c1C. The minimum Gasteiger partial charge on any atom is -0.358 e. The van der Waals surface area contributed by atoms with E-state index in [2.05, 4.69) is 16.0 Å². The van der Waals surface area contributed by atoms with Crippen LogP contribution in [0.1, 0.15) is 11.1 Å². The number of carbonyl (C=O) groups is 2. The summed E-state index contributed by atoms with van der Waals surface area (Å²) >= 11 is 0. The van der Waals surface area contributed by atoms with Crippen LogP contribution in [0, 0.1) is 13.8 Å². The Bertz CT molecular complexity index is 444. The van der Waals surface area contributed by atoms with Crippen LogP contribution in [-0.2, 0) is 9.59 Å². The minimum atomic E-state index is -0.160. The van der Waals surface area contributed by atoms with Crippen molar-refractivity contribution in [2.45, 2.75) is 13.8 Å². The molecule has 2 amide bonds. The molecule has 5 nitrogen and oxygen atoms in total. The average Bonchev–Trinajstić information content (AvgIpc) is 2.34. The number of hydrogen-bond acceptors (Lipinski definition) is 3. The van der Waals surface area contributed by atoms with E-state index in [9.17, 15) is 9.59 Å². The van der Waals surface area contributed by atoms with Crippen molar-refractivity contribution in [3.8, 4) is 0 Å².